The molecule has 0 radical (unpaired) electrons. The topological polar surface area (TPSA) is 38.3 Å². The molecule has 2 rings (SSSR count). The van der Waals surface area contributed by atoms with E-state index in [-0.39, 0.29) is 11.9 Å². The SMILES string of the molecule is COC(=O)C1CNC(c2cccs2)C1. The van der Waals surface area contributed by atoms with Crippen molar-refractivity contribution in [3.05, 3.63) is 22.4 Å². The van der Waals surface area contributed by atoms with Crippen molar-refractivity contribution in [2.24, 2.45) is 5.92 Å². The average Bonchev–Trinajstić information content (AvgIpc) is 2.86. The van der Waals surface area contributed by atoms with Crippen molar-refractivity contribution in [1.29, 1.82) is 0 Å². The number of thiophene rings is 1. The molecule has 1 N–H and O–H groups in total. The van der Waals surface area contributed by atoms with Gasteiger partial charge in [-0.25, -0.2) is 0 Å². The number of ether oxygens (including phenoxy) is 1. The summed E-state index contributed by atoms with van der Waals surface area (Å²) >= 11 is 1.73. The third-order valence-corrected chi connectivity index (χ3v) is 3.54. The van der Waals surface area contributed by atoms with Crippen LogP contribution in [0.2, 0.25) is 0 Å². The van der Waals surface area contributed by atoms with E-state index in [9.17, 15) is 4.79 Å². The van der Waals surface area contributed by atoms with Gasteiger partial charge in [0.2, 0.25) is 0 Å². The van der Waals surface area contributed by atoms with Gasteiger partial charge in [0.15, 0.2) is 0 Å². The molecule has 1 aromatic heterocycles. The van der Waals surface area contributed by atoms with Crippen LogP contribution in [0.4, 0.5) is 0 Å². The van der Waals surface area contributed by atoms with Crippen molar-refractivity contribution >= 4 is 17.3 Å². The van der Waals surface area contributed by atoms with Gasteiger partial charge in [0.05, 0.1) is 13.0 Å². The Balaban J connectivity index is 1.98. The van der Waals surface area contributed by atoms with Gasteiger partial charge in [-0.1, -0.05) is 6.07 Å². The highest BCUT2D eigenvalue weighted by atomic mass is 32.1. The maximum absolute atomic E-state index is 11.3. The van der Waals surface area contributed by atoms with Crippen LogP contribution < -0.4 is 5.32 Å². The Labute approximate surface area is 87.1 Å². The van der Waals surface area contributed by atoms with E-state index >= 15 is 0 Å². The molecule has 1 aliphatic rings. The fourth-order valence-electron chi connectivity index (χ4n) is 1.79. The first kappa shape index (κ1) is 9.68. The molecular formula is C10H13NO2S. The molecule has 3 nitrogen and oxygen atoms in total. The van der Waals surface area contributed by atoms with Crippen molar-refractivity contribution in [2.75, 3.05) is 13.7 Å². The van der Waals surface area contributed by atoms with Gasteiger partial charge >= 0.3 is 5.97 Å². The van der Waals surface area contributed by atoms with Crippen LogP contribution in [0.25, 0.3) is 0 Å². The van der Waals surface area contributed by atoms with Crippen molar-refractivity contribution in [3.8, 4) is 0 Å². The van der Waals surface area contributed by atoms with Gasteiger partial charge in [-0.05, 0) is 17.9 Å². The molecule has 2 unspecified atom stereocenters. The molecule has 1 aliphatic heterocycles. The number of carbonyl (C=O) groups excluding carboxylic acids is 1. The molecule has 0 aliphatic carbocycles. The van der Waals surface area contributed by atoms with E-state index in [1.165, 1.54) is 12.0 Å². The van der Waals surface area contributed by atoms with Crippen molar-refractivity contribution in [3.63, 3.8) is 0 Å². The first-order chi connectivity index (χ1) is 6.81. The van der Waals surface area contributed by atoms with Crippen LogP contribution in [0.15, 0.2) is 17.5 Å². The zero-order valence-electron chi connectivity index (χ0n) is 8.03. The Bertz CT molecular complexity index is 310. The zero-order valence-corrected chi connectivity index (χ0v) is 8.84. The minimum Gasteiger partial charge on any atom is -0.469 e. The second-order valence-corrected chi connectivity index (χ2v) is 4.41. The lowest BCUT2D eigenvalue weighted by Crippen LogP contribution is -2.18. The van der Waals surface area contributed by atoms with Crippen LogP contribution >= 0.6 is 11.3 Å². The molecule has 2 atom stereocenters. The van der Waals surface area contributed by atoms with Gasteiger partial charge in [-0.3, -0.25) is 4.79 Å². The highest BCUT2D eigenvalue weighted by Crippen LogP contribution is 2.30. The summed E-state index contributed by atoms with van der Waals surface area (Å²) in [5.41, 5.74) is 0. The third-order valence-electron chi connectivity index (χ3n) is 2.55. The lowest BCUT2D eigenvalue weighted by molar-refractivity contribution is -0.144. The summed E-state index contributed by atoms with van der Waals surface area (Å²) in [4.78, 5) is 12.6. The second-order valence-electron chi connectivity index (χ2n) is 3.43. The minimum atomic E-state index is -0.100. The molecule has 1 aromatic rings. The molecule has 1 saturated heterocycles. The Morgan fingerprint density at radius 1 is 1.71 bits per heavy atom. The molecule has 2 heterocycles. The smallest absolute Gasteiger partial charge is 0.310 e. The lowest BCUT2D eigenvalue weighted by Gasteiger charge is -2.06. The van der Waals surface area contributed by atoms with Gasteiger partial charge in [-0.2, -0.15) is 0 Å². The maximum atomic E-state index is 11.3. The summed E-state index contributed by atoms with van der Waals surface area (Å²) in [6.45, 7) is 0.731. The van der Waals surface area contributed by atoms with Crippen LogP contribution in [-0.2, 0) is 9.53 Å². The zero-order chi connectivity index (χ0) is 9.97. The van der Waals surface area contributed by atoms with Crippen LogP contribution in [0, 0.1) is 5.92 Å². The molecule has 0 saturated carbocycles. The molecule has 76 valence electrons. The summed E-state index contributed by atoms with van der Waals surface area (Å²) < 4.78 is 4.72. The Kier molecular flexibility index (Phi) is 2.84. The van der Waals surface area contributed by atoms with E-state index in [0.29, 0.717) is 6.04 Å². The van der Waals surface area contributed by atoms with Crippen LogP contribution in [0.5, 0.6) is 0 Å². The highest BCUT2D eigenvalue weighted by Gasteiger charge is 2.31. The molecule has 0 aromatic carbocycles. The van der Waals surface area contributed by atoms with Crippen molar-refractivity contribution in [1.82, 2.24) is 5.32 Å². The van der Waals surface area contributed by atoms with Crippen LogP contribution in [0.3, 0.4) is 0 Å². The van der Waals surface area contributed by atoms with E-state index in [2.05, 4.69) is 16.8 Å². The monoisotopic (exact) mass is 211 g/mol. The number of nitrogens with one attached hydrogen (secondary N) is 1. The lowest BCUT2D eigenvalue weighted by atomic mass is 10.1. The molecule has 0 amide bonds. The average molecular weight is 211 g/mol. The van der Waals surface area contributed by atoms with Crippen molar-refractivity contribution in [2.45, 2.75) is 12.5 Å². The second kappa shape index (κ2) is 4.11. The molecular weight excluding hydrogens is 198 g/mol. The van der Waals surface area contributed by atoms with E-state index in [1.807, 2.05) is 6.07 Å². The maximum Gasteiger partial charge on any atom is 0.310 e. The van der Waals surface area contributed by atoms with E-state index in [0.717, 1.165) is 13.0 Å². The number of esters is 1. The Morgan fingerprint density at radius 3 is 3.21 bits per heavy atom. The fourth-order valence-corrected chi connectivity index (χ4v) is 2.60. The largest absolute Gasteiger partial charge is 0.469 e. The summed E-state index contributed by atoms with van der Waals surface area (Å²) in [6.07, 6.45) is 0.854. The standard InChI is InChI=1S/C10H13NO2S/c1-13-10(12)7-5-8(11-6-7)9-3-2-4-14-9/h2-4,7-8,11H,5-6H2,1H3. The first-order valence-electron chi connectivity index (χ1n) is 4.66. The number of hydrogen-bond acceptors (Lipinski definition) is 4. The Morgan fingerprint density at radius 2 is 2.57 bits per heavy atom. The molecule has 4 heteroatoms. The number of hydrogen-bond donors (Lipinski definition) is 1. The summed E-state index contributed by atoms with van der Waals surface area (Å²) in [5, 5.41) is 5.39. The van der Waals surface area contributed by atoms with Gasteiger partial charge in [0, 0.05) is 17.5 Å². The van der Waals surface area contributed by atoms with E-state index in [4.69, 9.17) is 4.74 Å². The third kappa shape index (κ3) is 1.81. The predicted octanol–water partition coefficient (Wildman–Crippen LogP) is 1.57. The molecule has 0 spiro atoms. The van der Waals surface area contributed by atoms with Crippen molar-refractivity contribution < 1.29 is 9.53 Å². The quantitative estimate of drug-likeness (QED) is 0.755. The van der Waals surface area contributed by atoms with Gasteiger partial charge in [-0.15, -0.1) is 11.3 Å². The fraction of sp³-hybridized carbons (Fsp3) is 0.500. The molecule has 14 heavy (non-hydrogen) atoms. The summed E-state index contributed by atoms with van der Waals surface area (Å²) in [5.74, 6) is -0.0799. The number of rotatable bonds is 2. The highest BCUT2D eigenvalue weighted by molar-refractivity contribution is 7.10. The minimum absolute atomic E-state index is 0.0205. The van der Waals surface area contributed by atoms with E-state index in [1.54, 1.807) is 11.3 Å². The summed E-state index contributed by atoms with van der Waals surface area (Å²) in [6, 6.07) is 4.47. The Hall–Kier alpha value is -0.870. The van der Waals surface area contributed by atoms with Gasteiger partial charge in [0.1, 0.15) is 0 Å². The normalized spacial score (nSPS) is 26.4. The van der Waals surface area contributed by atoms with E-state index < -0.39 is 0 Å². The van der Waals surface area contributed by atoms with Crippen LogP contribution in [0.1, 0.15) is 17.3 Å². The van der Waals surface area contributed by atoms with Gasteiger partial charge < -0.3 is 10.1 Å². The number of carbonyl (C=O) groups is 1. The number of methoxy groups -OCH3 is 1. The molecule has 0 bridgehead atoms. The van der Waals surface area contributed by atoms with Gasteiger partial charge in [0.25, 0.3) is 0 Å². The first-order valence-corrected chi connectivity index (χ1v) is 5.54. The summed E-state index contributed by atoms with van der Waals surface area (Å²) in [7, 11) is 1.45. The van der Waals surface area contributed by atoms with Crippen LogP contribution in [-0.4, -0.2) is 19.6 Å². The molecule has 1 fully saturated rings. The predicted molar refractivity (Wildman–Crippen MR) is 55.2 cm³/mol.